The first-order valence-corrected chi connectivity index (χ1v) is 23.3. The van der Waals surface area contributed by atoms with E-state index in [-0.39, 0.29) is 5.41 Å². The van der Waals surface area contributed by atoms with E-state index in [1.54, 1.807) is 0 Å². The Morgan fingerprint density at radius 2 is 0.591 bits per heavy atom. The summed E-state index contributed by atoms with van der Waals surface area (Å²) < 4.78 is 0. The Kier molecular flexibility index (Phi) is 10.1. The van der Waals surface area contributed by atoms with Crippen molar-refractivity contribution < 1.29 is 0 Å². The second kappa shape index (κ2) is 16.8. The Morgan fingerprint density at radius 1 is 0.242 bits per heavy atom. The Bertz CT molecular complexity index is 3380. The lowest BCUT2D eigenvalue weighted by molar-refractivity contribution is 0.353. The summed E-state index contributed by atoms with van der Waals surface area (Å²) in [5.41, 5.74) is 20.6. The van der Waals surface area contributed by atoms with Crippen LogP contribution in [0.4, 0.5) is 0 Å². The molecule has 1 aromatic heterocycles. The van der Waals surface area contributed by atoms with Gasteiger partial charge in [0.1, 0.15) is 0 Å². The SMILES string of the molecule is c1ccc(-c2ccc(-c3nc(-c4cccc(-c5ccccc5)c4)nc(-c4cccc(-c5cccc(-c6cccc(-c7ccc8c(c7)C7(CCCCC7)c7ccccc7-8)c6)c5)c4)n3)cc2)cc1. The van der Waals surface area contributed by atoms with Crippen molar-refractivity contribution in [2.75, 3.05) is 0 Å². The van der Waals surface area contributed by atoms with Gasteiger partial charge in [0.15, 0.2) is 17.5 Å². The first-order valence-electron chi connectivity index (χ1n) is 23.3. The fourth-order valence-corrected chi connectivity index (χ4v) is 10.6. The summed E-state index contributed by atoms with van der Waals surface area (Å²) in [5, 5.41) is 0. The second-order valence-corrected chi connectivity index (χ2v) is 17.9. The van der Waals surface area contributed by atoms with Gasteiger partial charge in [-0.2, -0.15) is 0 Å². The largest absolute Gasteiger partial charge is 0.208 e. The minimum atomic E-state index is 0.132. The highest BCUT2D eigenvalue weighted by Crippen LogP contribution is 2.56. The second-order valence-electron chi connectivity index (χ2n) is 17.9. The Labute approximate surface area is 387 Å². The number of hydrogen-bond donors (Lipinski definition) is 0. The summed E-state index contributed by atoms with van der Waals surface area (Å²) in [6, 6.07) is 80.8. The van der Waals surface area contributed by atoms with Gasteiger partial charge in [-0.15, -0.1) is 0 Å². The minimum Gasteiger partial charge on any atom is -0.208 e. The number of hydrogen-bond acceptors (Lipinski definition) is 3. The van der Waals surface area contributed by atoms with Crippen molar-refractivity contribution in [3.63, 3.8) is 0 Å². The molecule has 1 heterocycles. The minimum absolute atomic E-state index is 0.132. The summed E-state index contributed by atoms with van der Waals surface area (Å²) in [7, 11) is 0. The molecule has 12 rings (SSSR count). The number of rotatable bonds is 8. The zero-order valence-electron chi connectivity index (χ0n) is 36.7. The van der Waals surface area contributed by atoms with Crippen molar-refractivity contribution >= 4 is 0 Å². The number of benzene rings is 9. The quantitative estimate of drug-likeness (QED) is 0.153. The molecule has 1 saturated carbocycles. The predicted octanol–water partition coefficient (Wildman–Crippen LogP) is 16.4. The molecule has 0 unspecified atom stereocenters. The third kappa shape index (κ3) is 7.33. The van der Waals surface area contributed by atoms with Gasteiger partial charge in [0.2, 0.25) is 0 Å². The van der Waals surface area contributed by atoms with Gasteiger partial charge in [-0.25, -0.2) is 15.0 Å². The normalized spacial score (nSPS) is 13.6. The van der Waals surface area contributed by atoms with Gasteiger partial charge in [-0.3, -0.25) is 0 Å². The molecule has 2 aliphatic carbocycles. The van der Waals surface area contributed by atoms with Gasteiger partial charge in [0.25, 0.3) is 0 Å². The number of fused-ring (bicyclic) bond motifs is 5. The first kappa shape index (κ1) is 39.6. The molecule has 1 spiro atoms. The van der Waals surface area contributed by atoms with Crippen LogP contribution in [0.5, 0.6) is 0 Å². The van der Waals surface area contributed by atoms with Crippen LogP contribution in [0.25, 0.3) is 101 Å². The van der Waals surface area contributed by atoms with Crippen LogP contribution < -0.4 is 0 Å². The average molecular weight is 846 g/mol. The zero-order chi connectivity index (χ0) is 43.9. The van der Waals surface area contributed by atoms with Gasteiger partial charge in [-0.05, 0) is 121 Å². The van der Waals surface area contributed by atoms with Gasteiger partial charge in [0, 0.05) is 22.1 Å². The lowest BCUT2D eigenvalue weighted by Crippen LogP contribution is -2.28. The molecule has 66 heavy (non-hydrogen) atoms. The van der Waals surface area contributed by atoms with Crippen molar-refractivity contribution in [2.45, 2.75) is 37.5 Å². The lowest BCUT2D eigenvalue weighted by Gasteiger charge is -2.36. The van der Waals surface area contributed by atoms with E-state index in [2.05, 4.69) is 212 Å². The maximum atomic E-state index is 5.18. The van der Waals surface area contributed by atoms with E-state index in [9.17, 15) is 0 Å². The summed E-state index contributed by atoms with van der Waals surface area (Å²) in [4.78, 5) is 15.5. The van der Waals surface area contributed by atoms with Crippen LogP contribution in [0, 0.1) is 0 Å². The summed E-state index contributed by atoms with van der Waals surface area (Å²) in [6.07, 6.45) is 6.38. The molecule has 3 heteroatoms. The molecular formula is C63H47N3. The Morgan fingerprint density at radius 3 is 1.14 bits per heavy atom. The molecule has 3 nitrogen and oxygen atoms in total. The van der Waals surface area contributed by atoms with E-state index in [1.807, 2.05) is 12.1 Å². The molecule has 2 aliphatic rings. The smallest absolute Gasteiger partial charge is 0.164 e. The average Bonchev–Trinajstić information content (AvgIpc) is 3.66. The highest BCUT2D eigenvalue weighted by molar-refractivity contribution is 5.85. The predicted molar refractivity (Wildman–Crippen MR) is 273 cm³/mol. The standard InChI is InChI=1S/C63H47N3/c1-4-16-43(17-5-1)45-30-32-46(33-31-45)60-64-61(54-26-14-20-47(40-54)44-18-6-2-7-19-44)66-62(65-60)55-27-15-25-52(41-55)50-23-12-21-48(38-50)49-22-13-24-51(39-49)53-34-35-57-56-28-8-9-29-58(56)63(59(57)42-53)36-10-3-11-37-63/h1-2,4-9,12-35,38-42H,3,10-11,36-37H2. The molecule has 314 valence electrons. The van der Waals surface area contributed by atoms with E-state index in [0.29, 0.717) is 17.5 Å². The molecule has 9 aromatic carbocycles. The van der Waals surface area contributed by atoms with Gasteiger partial charge in [0.05, 0.1) is 0 Å². The molecule has 0 atom stereocenters. The van der Waals surface area contributed by atoms with Crippen LogP contribution in [-0.4, -0.2) is 15.0 Å². The summed E-state index contributed by atoms with van der Waals surface area (Å²) in [5.74, 6) is 1.90. The monoisotopic (exact) mass is 845 g/mol. The van der Waals surface area contributed by atoms with Crippen LogP contribution in [0.3, 0.4) is 0 Å². The Balaban J connectivity index is 0.890. The van der Waals surface area contributed by atoms with Crippen molar-refractivity contribution in [1.29, 1.82) is 0 Å². The highest BCUT2D eigenvalue weighted by atomic mass is 15.0. The number of nitrogens with zero attached hydrogens (tertiary/aromatic N) is 3. The molecule has 0 N–H and O–H groups in total. The summed E-state index contributed by atoms with van der Waals surface area (Å²) >= 11 is 0. The molecule has 0 amide bonds. The van der Waals surface area contributed by atoms with Gasteiger partial charge >= 0.3 is 0 Å². The highest BCUT2D eigenvalue weighted by Gasteiger charge is 2.43. The fourth-order valence-electron chi connectivity index (χ4n) is 10.6. The maximum absolute atomic E-state index is 5.18. The van der Waals surface area contributed by atoms with E-state index in [0.717, 1.165) is 44.5 Å². The molecule has 0 aliphatic heterocycles. The van der Waals surface area contributed by atoms with Crippen molar-refractivity contribution in [1.82, 2.24) is 15.0 Å². The molecule has 0 radical (unpaired) electrons. The van der Waals surface area contributed by atoms with Crippen molar-refractivity contribution in [3.8, 4) is 101 Å². The third-order valence-corrected chi connectivity index (χ3v) is 13.9. The van der Waals surface area contributed by atoms with E-state index < -0.39 is 0 Å². The lowest BCUT2D eigenvalue weighted by atomic mass is 9.67. The van der Waals surface area contributed by atoms with E-state index >= 15 is 0 Å². The molecule has 1 fully saturated rings. The molecular weight excluding hydrogens is 799 g/mol. The zero-order valence-corrected chi connectivity index (χ0v) is 36.7. The van der Waals surface area contributed by atoms with E-state index in [4.69, 9.17) is 15.0 Å². The molecule has 0 saturated heterocycles. The van der Waals surface area contributed by atoms with Crippen LogP contribution in [0.1, 0.15) is 43.2 Å². The molecule has 10 aromatic rings. The van der Waals surface area contributed by atoms with Crippen molar-refractivity contribution in [3.05, 3.63) is 236 Å². The van der Waals surface area contributed by atoms with Crippen molar-refractivity contribution in [2.24, 2.45) is 0 Å². The van der Waals surface area contributed by atoms with Gasteiger partial charge < -0.3 is 0 Å². The number of aromatic nitrogens is 3. The topological polar surface area (TPSA) is 38.7 Å². The fraction of sp³-hybridized carbons (Fsp3) is 0.0952. The Hall–Kier alpha value is -8.01. The first-order chi connectivity index (χ1) is 32.6. The van der Waals surface area contributed by atoms with Crippen LogP contribution >= 0.6 is 0 Å². The van der Waals surface area contributed by atoms with Crippen LogP contribution in [0.15, 0.2) is 224 Å². The molecule has 0 bridgehead atoms. The maximum Gasteiger partial charge on any atom is 0.164 e. The van der Waals surface area contributed by atoms with Crippen LogP contribution in [-0.2, 0) is 5.41 Å². The van der Waals surface area contributed by atoms with E-state index in [1.165, 1.54) is 82.2 Å². The summed E-state index contributed by atoms with van der Waals surface area (Å²) in [6.45, 7) is 0. The third-order valence-electron chi connectivity index (χ3n) is 13.9. The van der Waals surface area contributed by atoms with Crippen LogP contribution in [0.2, 0.25) is 0 Å². The van der Waals surface area contributed by atoms with Gasteiger partial charge in [-0.1, -0.05) is 213 Å².